The van der Waals surface area contributed by atoms with E-state index in [1.807, 2.05) is 13.8 Å². The van der Waals surface area contributed by atoms with Crippen molar-refractivity contribution in [2.45, 2.75) is 13.8 Å². The van der Waals surface area contributed by atoms with Crippen LogP contribution in [0.2, 0.25) is 0 Å². The highest BCUT2D eigenvalue weighted by Gasteiger charge is 2.14. The van der Waals surface area contributed by atoms with Crippen molar-refractivity contribution in [1.82, 2.24) is 10.3 Å². The quantitative estimate of drug-likeness (QED) is 0.801. The van der Waals surface area contributed by atoms with Crippen LogP contribution in [0.15, 0.2) is 18.3 Å². The summed E-state index contributed by atoms with van der Waals surface area (Å²) in [5.41, 5.74) is 0.962. The number of nitrogens with zero attached hydrogens (tertiary/aromatic N) is 2. The van der Waals surface area contributed by atoms with Crippen LogP contribution >= 0.6 is 0 Å². The minimum Gasteiger partial charge on any atom is -0.480 e. The molecule has 1 amide bonds. The van der Waals surface area contributed by atoms with Crippen LogP contribution in [0.3, 0.4) is 0 Å². The Hall–Kier alpha value is -2.11. The summed E-state index contributed by atoms with van der Waals surface area (Å²) in [5, 5.41) is 11.4. The molecule has 0 aliphatic carbocycles. The number of carboxylic acids is 1. The van der Waals surface area contributed by atoms with E-state index in [2.05, 4.69) is 10.3 Å². The summed E-state index contributed by atoms with van der Waals surface area (Å²) in [6, 6.07) is 3.31. The maximum atomic E-state index is 11.5. The van der Waals surface area contributed by atoms with E-state index < -0.39 is 5.97 Å². The third-order valence-electron chi connectivity index (χ3n) is 2.48. The van der Waals surface area contributed by atoms with Crippen molar-refractivity contribution < 1.29 is 14.7 Å². The van der Waals surface area contributed by atoms with Gasteiger partial charge in [-0.1, -0.05) is 13.8 Å². The van der Waals surface area contributed by atoms with Gasteiger partial charge in [0.2, 0.25) is 0 Å². The number of hydrogen-bond donors (Lipinski definition) is 2. The molecule has 0 atom stereocenters. The molecule has 0 saturated carbocycles. The Kier molecular flexibility index (Phi) is 5.29. The number of carbonyl (C=O) groups excluding carboxylic acids is 1. The number of rotatable bonds is 6. The van der Waals surface area contributed by atoms with Gasteiger partial charge in [-0.15, -0.1) is 0 Å². The molecule has 1 heterocycles. The molecule has 2 N–H and O–H groups in total. The smallest absolute Gasteiger partial charge is 0.323 e. The van der Waals surface area contributed by atoms with Gasteiger partial charge in [0.1, 0.15) is 12.2 Å². The minimum atomic E-state index is -0.904. The van der Waals surface area contributed by atoms with Gasteiger partial charge in [0.25, 0.3) is 5.91 Å². The van der Waals surface area contributed by atoms with E-state index in [1.54, 1.807) is 17.0 Å². The van der Waals surface area contributed by atoms with Crippen molar-refractivity contribution in [3.63, 3.8) is 0 Å². The molecule has 0 saturated heterocycles. The predicted molar refractivity (Wildman–Crippen MR) is 72.3 cm³/mol. The van der Waals surface area contributed by atoms with E-state index in [0.29, 0.717) is 18.2 Å². The Morgan fingerprint density at radius 1 is 1.47 bits per heavy atom. The molecule has 1 aromatic rings. The highest BCUT2D eigenvalue weighted by Crippen LogP contribution is 2.16. The number of carbonyl (C=O) groups is 2. The highest BCUT2D eigenvalue weighted by atomic mass is 16.4. The lowest BCUT2D eigenvalue weighted by atomic mass is 10.2. The predicted octanol–water partition coefficient (Wildman–Crippen LogP) is 0.988. The fraction of sp³-hybridized carbons (Fsp3) is 0.462. The molecule has 0 spiro atoms. The summed E-state index contributed by atoms with van der Waals surface area (Å²) in [6.07, 6.45) is 1.51. The van der Waals surface area contributed by atoms with Gasteiger partial charge < -0.3 is 15.3 Å². The van der Waals surface area contributed by atoms with E-state index in [0.717, 1.165) is 0 Å². The standard InChI is InChI=1S/C13H19N3O3/c1-9(2)7-16(8-12(17)18)10-4-5-15-11(6-10)13(19)14-3/h4-6,9H,7-8H2,1-3H3,(H,14,19)(H,17,18). The second-order valence-corrected chi connectivity index (χ2v) is 4.65. The molecular formula is C13H19N3O3. The molecule has 0 unspecified atom stereocenters. The summed E-state index contributed by atoms with van der Waals surface area (Å²) in [7, 11) is 1.53. The average molecular weight is 265 g/mol. The summed E-state index contributed by atoms with van der Waals surface area (Å²) in [6.45, 7) is 4.52. The molecule has 6 heteroatoms. The summed E-state index contributed by atoms with van der Waals surface area (Å²) < 4.78 is 0. The van der Waals surface area contributed by atoms with Crippen LogP contribution in [0, 0.1) is 5.92 Å². The van der Waals surface area contributed by atoms with E-state index in [1.165, 1.54) is 13.2 Å². The second-order valence-electron chi connectivity index (χ2n) is 4.65. The van der Waals surface area contributed by atoms with Crippen molar-refractivity contribution in [3.8, 4) is 0 Å². The third-order valence-corrected chi connectivity index (χ3v) is 2.48. The zero-order valence-electron chi connectivity index (χ0n) is 11.4. The van der Waals surface area contributed by atoms with Crippen LogP contribution in [0.4, 0.5) is 5.69 Å². The minimum absolute atomic E-state index is 0.102. The zero-order chi connectivity index (χ0) is 14.4. The van der Waals surface area contributed by atoms with E-state index in [-0.39, 0.29) is 18.1 Å². The lowest BCUT2D eigenvalue weighted by molar-refractivity contribution is -0.135. The number of nitrogens with one attached hydrogen (secondary N) is 1. The van der Waals surface area contributed by atoms with Crippen LogP contribution in [-0.4, -0.2) is 42.1 Å². The first-order valence-electron chi connectivity index (χ1n) is 6.09. The Morgan fingerprint density at radius 2 is 2.16 bits per heavy atom. The number of aliphatic carboxylic acids is 1. The first kappa shape index (κ1) is 14.9. The molecule has 104 valence electrons. The maximum absolute atomic E-state index is 11.5. The number of aromatic nitrogens is 1. The third kappa shape index (κ3) is 4.57. The summed E-state index contributed by atoms with van der Waals surface area (Å²) in [5.74, 6) is -0.878. The lowest BCUT2D eigenvalue weighted by Gasteiger charge is -2.25. The number of hydrogen-bond acceptors (Lipinski definition) is 4. The molecule has 0 aromatic carbocycles. The molecule has 1 aromatic heterocycles. The molecule has 0 fully saturated rings. The Bertz CT molecular complexity index is 460. The number of amides is 1. The fourth-order valence-corrected chi connectivity index (χ4v) is 1.73. The number of anilines is 1. The lowest BCUT2D eigenvalue weighted by Crippen LogP contribution is -2.33. The normalized spacial score (nSPS) is 10.3. The Labute approximate surface area is 112 Å². The largest absolute Gasteiger partial charge is 0.480 e. The van der Waals surface area contributed by atoms with Crippen molar-refractivity contribution in [1.29, 1.82) is 0 Å². The van der Waals surface area contributed by atoms with Gasteiger partial charge in [0.05, 0.1) is 0 Å². The molecule has 0 radical (unpaired) electrons. The van der Waals surface area contributed by atoms with Crippen LogP contribution in [0.1, 0.15) is 24.3 Å². The van der Waals surface area contributed by atoms with E-state index >= 15 is 0 Å². The zero-order valence-corrected chi connectivity index (χ0v) is 11.4. The molecule has 1 rings (SSSR count). The fourth-order valence-electron chi connectivity index (χ4n) is 1.73. The highest BCUT2D eigenvalue weighted by molar-refractivity contribution is 5.93. The molecule has 0 aliphatic heterocycles. The van der Waals surface area contributed by atoms with Gasteiger partial charge in [0.15, 0.2) is 0 Å². The topological polar surface area (TPSA) is 82.5 Å². The van der Waals surface area contributed by atoms with Gasteiger partial charge in [-0.3, -0.25) is 14.6 Å². The maximum Gasteiger partial charge on any atom is 0.323 e. The van der Waals surface area contributed by atoms with Crippen LogP contribution in [0.25, 0.3) is 0 Å². The van der Waals surface area contributed by atoms with Crippen molar-refractivity contribution in [2.75, 3.05) is 25.0 Å². The number of pyridine rings is 1. The molecule has 6 nitrogen and oxygen atoms in total. The van der Waals surface area contributed by atoms with Crippen molar-refractivity contribution in [2.24, 2.45) is 5.92 Å². The van der Waals surface area contributed by atoms with Gasteiger partial charge in [-0.05, 0) is 18.1 Å². The summed E-state index contributed by atoms with van der Waals surface area (Å²) >= 11 is 0. The van der Waals surface area contributed by atoms with Crippen LogP contribution < -0.4 is 10.2 Å². The second kappa shape index (κ2) is 6.72. The van der Waals surface area contributed by atoms with Gasteiger partial charge in [-0.25, -0.2) is 0 Å². The van der Waals surface area contributed by atoms with Gasteiger partial charge in [-0.2, -0.15) is 0 Å². The first-order valence-corrected chi connectivity index (χ1v) is 6.09. The SMILES string of the molecule is CNC(=O)c1cc(N(CC(=O)O)CC(C)C)ccn1. The Balaban J connectivity index is 3.00. The Morgan fingerprint density at radius 3 is 2.68 bits per heavy atom. The van der Waals surface area contributed by atoms with Crippen molar-refractivity contribution in [3.05, 3.63) is 24.0 Å². The van der Waals surface area contributed by atoms with Crippen molar-refractivity contribution >= 4 is 17.6 Å². The van der Waals surface area contributed by atoms with Crippen LogP contribution in [0.5, 0.6) is 0 Å². The molecule has 0 bridgehead atoms. The van der Waals surface area contributed by atoms with Crippen LogP contribution in [-0.2, 0) is 4.79 Å². The van der Waals surface area contributed by atoms with E-state index in [9.17, 15) is 9.59 Å². The number of carboxylic acid groups (broad SMARTS) is 1. The molecular weight excluding hydrogens is 246 g/mol. The monoisotopic (exact) mass is 265 g/mol. The first-order chi connectivity index (χ1) is 8.93. The van der Waals surface area contributed by atoms with Gasteiger partial charge in [0, 0.05) is 25.5 Å². The molecule has 0 aliphatic rings. The van der Waals surface area contributed by atoms with Gasteiger partial charge >= 0.3 is 5.97 Å². The van der Waals surface area contributed by atoms with E-state index in [4.69, 9.17) is 5.11 Å². The average Bonchev–Trinajstić information content (AvgIpc) is 2.36. The summed E-state index contributed by atoms with van der Waals surface area (Å²) in [4.78, 5) is 28.1. The molecule has 19 heavy (non-hydrogen) atoms.